The molecule has 0 saturated heterocycles. The van der Waals surface area contributed by atoms with Gasteiger partial charge in [0.05, 0.1) is 11.6 Å². The van der Waals surface area contributed by atoms with Crippen LogP contribution in [-0.4, -0.2) is 38.6 Å². The summed E-state index contributed by atoms with van der Waals surface area (Å²) >= 11 is 3.03. The summed E-state index contributed by atoms with van der Waals surface area (Å²) in [5.74, 6) is -2.82. The van der Waals surface area contributed by atoms with Crippen molar-refractivity contribution in [2.75, 3.05) is 13.4 Å². The van der Waals surface area contributed by atoms with E-state index in [1.807, 2.05) is 0 Å². The van der Waals surface area contributed by atoms with Crippen LogP contribution in [0.1, 0.15) is 10.4 Å². The van der Waals surface area contributed by atoms with Crippen LogP contribution in [-0.2, 0) is 14.6 Å². The lowest BCUT2D eigenvalue weighted by molar-refractivity contribution is -0.131. The zero-order chi connectivity index (χ0) is 14.1. The lowest BCUT2D eigenvalue weighted by Crippen LogP contribution is -2.14. The number of halogens is 1. The molecule has 0 fully saturated rings. The molecule has 8 heteroatoms. The van der Waals surface area contributed by atoms with Gasteiger partial charge in [0.1, 0.15) is 4.90 Å². The fourth-order valence-electron chi connectivity index (χ4n) is 1.30. The van der Waals surface area contributed by atoms with Crippen LogP contribution in [0, 0.1) is 0 Å². The number of hydrogen-bond donors (Lipinski definition) is 1. The highest BCUT2D eigenvalue weighted by atomic mass is 79.9. The number of ether oxygens (including phenoxy) is 1. The van der Waals surface area contributed by atoms with Crippen LogP contribution in [0.5, 0.6) is 5.75 Å². The molecule has 0 atom stereocenters. The summed E-state index contributed by atoms with van der Waals surface area (Å²) in [6.07, 6.45) is 0.937. The molecule has 0 aliphatic rings. The molecule has 0 aromatic heterocycles. The van der Waals surface area contributed by atoms with Gasteiger partial charge in [-0.1, -0.05) is 0 Å². The molecule has 6 nitrogen and oxygen atoms in total. The summed E-state index contributed by atoms with van der Waals surface area (Å²) in [4.78, 5) is 21.7. The number of carbonyl (C=O) groups excluding carboxylic acids is 1. The van der Waals surface area contributed by atoms with Crippen molar-refractivity contribution in [3.05, 3.63) is 22.2 Å². The first-order valence-electron chi connectivity index (χ1n) is 4.53. The molecular weight excluding hydrogens is 328 g/mol. The van der Waals surface area contributed by atoms with E-state index < -0.39 is 21.6 Å². The Morgan fingerprint density at radius 1 is 1.33 bits per heavy atom. The quantitative estimate of drug-likeness (QED) is 0.653. The largest absolute Gasteiger partial charge is 0.494 e. The summed E-state index contributed by atoms with van der Waals surface area (Å²) in [6.45, 7) is 0. The summed E-state index contributed by atoms with van der Waals surface area (Å²) < 4.78 is 28.2. The number of sulfone groups is 1. The van der Waals surface area contributed by atoms with Gasteiger partial charge in [-0.05, 0) is 28.1 Å². The molecule has 0 radical (unpaired) electrons. The molecule has 0 amide bonds. The molecule has 0 spiro atoms. The molecule has 18 heavy (non-hydrogen) atoms. The van der Waals surface area contributed by atoms with E-state index in [-0.39, 0.29) is 20.7 Å². The molecule has 0 aliphatic carbocycles. The normalized spacial score (nSPS) is 11.1. The van der Waals surface area contributed by atoms with Crippen molar-refractivity contribution in [1.82, 2.24) is 0 Å². The lowest BCUT2D eigenvalue weighted by atomic mass is 10.1. The van der Waals surface area contributed by atoms with Crippen molar-refractivity contribution in [1.29, 1.82) is 0 Å². The predicted octanol–water partition coefficient (Wildman–Crippen LogP) is 1.13. The van der Waals surface area contributed by atoms with Crippen LogP contribution in [0.15, 0.2) is 21.5 Å². The van der Waals surface area contributed by atoms with Crippen molar-refractivity contribution in [2.24, 2.45) is 0 Å². The highest BCUT2D eigenvalue weighted by Crippen LogP contribution is 2.33. The number of Topliss-reactive ketones (excluding diaryl/α,β-unsaturated/α-hetero) is 1. The lowest BCUT2D eigenvalue weighted by Gasteiger charge is -2.10. The first kappa shape index (κ1) is 14.7. The SMILES string of the molecule is COc1c(Br)cc(C(=O)C(=O)O)cc1S(C)(=O)=O. The second-order valence-electron chi connectivity index (χ2n) is 3.40. The van der Waals surface area contributed by atoms with E-state index in [0.29, 0.717) is 0 Å². The van der Waals surface area contributed by atoms with E-state index in [2.05, 4.69) is 15.9 Å². The monoisotopic (exact) mass is 336 g/mol. The van der Waals surface area contributed by atoms with Crippen molar-refractivity contribution in [3.8, 4) is 5.75 Å². The number of carbonyl (C=O) groups is 2. The Balaban J connectivity index is 3.60. The van der Waals surface area contributed by atoms with Gasteiger partial charge in [0, 0.05) is 11.8 Å². The number of aliphatic carboxylic acids is 1. The smallest absolute Gasteiger partial charge is 0.377 e. The van der Waals surface area contributed by atoms with Gasteiger partial charge >= 0.3 is 5.97 Å². The Bertz CT molecular complexity index is 620. The van der Waals surface area contributed by atoms with Crippen LogP contribution in [0.3, 0.4) is 0 Å². The van der Waals surface area contributed by atoms with Crippen LogP contribution in [0.25, 0.3) is 0 Å². The molecule has 0 aliphatic heterocycles. The minimum Gasteiger partial charge on any atom is -0.494 e. The van der Waals surface area contributed by atoms with Gasteiger partial charge in [-0.3, -0.25) is 4.79 Å². The van der Waals surface area contributed by atoms with Gasteiger partial charge in [0.2, 0.25) is 0 Å². The van der Waals surface area contributed by atoms with Gasteiger partial charge < -0.3 is 9.84 Å². The fourth-order valence-corrected chi connectivity index (χ4v) is 2.92. The van der Waals surface area contributed by atoms with Crippen molar-refractivity contribution in [3.63, 3.8) is 0 Å². The van der Waals surface area contributed by atoms with Crippen LogP contribution in [0.4, 0.5) is 0 Å². The maximum absolute atomic E-state index is 11.5. The molecule has 1 N–H and O–H groups in total. The van der Waals surface area contributed by atoms with E-state index in [1.165, 1.54) is 13.2 Å². The second kappa shape index (κ2) is 5.07. The van der Waals surface area contributed by atoms with Crippen molar-refractivity contribution < 1.29 is 27.9 Å². The molecule has 1 rings (SSSR count). The molecule has 0 heterocycles. The van der Waals surface area contributed by atoms with E-state index in [9.17, 15) is 18.0 Å². The van der Waals surface area contributed by atoms with E-state index in [4.69, 9.17) is 9.84 Å². The second-order valence-corrected chi connectivity index (χ2v) is 6.23. The average molecular weight is 337 g/mol. The maximum Gasteiger partial charge on any atom is 0.377 e. The summed E-state index contributed by atoms with van der Waals surface area (Å²) in [7, 11) is -2.38. The number of carboxylic acid groups (broad SMARTS) is 1. The van der Waals surface area contributed by atoms with Gasteiger partial charge in [0.25, 0.3) is 5.78 Å². The molecule has 0 unspecified atom stereocenters. The minimum atomic E-state index is -3.65. The fraction of sp³-hybridized carbons (Fsp3) is 0.200. The molecule has 98 valence electrons. The average Bonchev–Trinajstić information content (AvgIpc) is 2.25. The van der Waals surface area contributed by atoms with Gasteiger partial charge in [-0.2, -0.15) is 0 Å². The molecule has 0 bridgehead atoms. The topological polar surface area (TPSA) is 97.7 Å². The third kappa shape index (κ3) is 2.88. The highest BCUT2D eigenvalue weighted by Gasteiger charge is 2.23. The van der Waals surface area contributed by atoms with E-state index in [1.54, 1.807) is 0 Å². The Morgan fingerprint density at radius 3 is 2.28 bits per heavy atom. The zero-order valence-electron chi connectivity index (χ0n) is 9.43. The van der Waals surface area contributed by atoms with Gasteiger partial charge in [-0.25, -0.2) is 13.2 Å². The highest BCUT2D eigenvalue weighted by molar-refractivity contribution is 9.10. The first-order chi connectivity index (χ1) is 8.18. The van der Waals surface area contributed by atoms with Crippen molar-refractivity contribution >= 4 is 37.5 Å². The summed E-state index contributed by atoms with van der Waals surface area (Å²) in [5, 5.41) is 8.60. The summed E-state index contributed by atoms with van der Waals surface area (Å²) in [6, 6.07) is 2.18. The number of rotatable bonds is 4. The Labute approximate surface area is 112 Å². The number of carboxylic acids is 1. The number of ketones is 1. The van der Waals surface area contributed by atoms with E-state index in [0.717, 1.165) is 12.3 Å². The maximum atomic E-state index is 11.5. The van der Waals surface area contributed by atoms with Gasteiger partial charge in [-0.15, -0.1) is 0 Å². The molecular formula is C10H9BrO6S. The standard InChI is InChI=1S/C10H9BrO6S/c1-17-9-6(11)3-5(8(12)10(13)14)4-7(9)18(2,15)16/h3-4H,1-2H3,(H,13,14). The summed E-state index contributed by atoms with van der Waals surface area (Å²) in [5.41, 5.74) is -0.240. The zero-order valence-corrected chi connectivity index (χ0v) is 11.8. The number of hydrogen-bond acceptors (Lipinski definition) is 5. The van der Waals surface area contributed by atoms with Crippen LogP contribution >= 0.6 is 15.9 Å². The first-order valence-corrected chi connectivity index (χ1v) is 7.22. The molecule has 1 aromatic carbocycles. The third-order valence-electron chi connectivity index (χ3n) is 2.07. The van der Waals surface area contributed by atoms with Crippen molar-refractivity contribution in [2.45, 2.75) is 4.90 Å². The van der Waals surface area contributed by atoms with E-state index >= 15 is 0 Å². The Kier molecular flexibility index (Phi) is 4.12. The Hall–Kier alpha value is -1.41. The predicted molar refractivity (Wildman–Crippen MR) is 65.8 cm³/mol. The van der Waals surface area contributed by atoms with Gasteiger partial charge in [0.15, 0.2) is 15.6 Å². The molecule has 1 aromatic rings. The van der Waals surface area contributed by atoms with Crippen LogP contribution in [0.2, 0.25) is 0 Å². The minimum absolute atomic E-state index is 0.0273. The number of methoxy groups -OCH3 is 1. The number of benzene rings is 1. The third-order valence-corrected chi connectivity index (χ3v) is 3.76. The van der Waals surface area contributed by atoms with Crippen LogP contribution < -0.4 is 4.74 Å². The molecule has 0 saturated carbocycles. The Morgan fingerprint density at radius 2 is 1.89 bits per heavy atom.